The molecule has 0 aromatic heterocycles. The van der Waals surface area contributed by atoms with Crippen molar-refractivity contribution < 1.29 is 14.4 Å². The molecule has 5 rings (SSSR count). The molecule has 2 saturated heterocycles. The molecule has 6 heteroatoms. The van der Waals surface area contributed by atoms with E-state index in [2.05, 4.69) is 23.8 Å². The molecule has 1 aliphatic carbocycles. The summed E-state index contributed by atoms with van der Waals surface area (Å²) in [5.41, 5.74) is 3.77. The normalized spacial score (nSPS) is 31.5. The van der Waals surface area contributed by atoms with Crippen molar-refractivity contribution in [2.24, 2.45) is 5.41 Å². The second kappa shape index (κ2) is 6.04. The van der Waals surface area contributed by atoms with Gasteiger partial charge in [-0.25, -0.2) is 9.87 Å². The molecule has 25 heavy (non-hydrogen) atoms. The van der Waals surface area contributed by atoms with Crippen LogP contribution in [0.2, 0.25) is 0 Å². The topological polar surface area (TPSA) is 55.8 Å². The van der Waals surface area contributed by atoms with Gasteiger partial charge in [-0.3, -0.25) is 14.9 Å². The van der Waals surface area contributed by atoms with Gasteiger partial charge in [0.05, 0.1) is 0 Å². The Labute approximate surface area is 147 Å². The van der Waals surface area contributed by atoms with Gasteiger partial charge in [0.2, 0.25) is 0 Å². The Morgan fingerprint density at radius 1 is 1.44 bits per heavy atom. The molecule has 1 atom stereocenters. The van der Waals surface area contributed by atoms with E-state index in [1.165, 1.54) is 18.9 Å². The molecule has 4 aliphatic rings. The molecule has 3 fully saturated rings. The number of nitrogens with zero attached hydrogens (tertiary/aromatic N) is 2. The van der Waals surface area contributed by atoms with Crippen molar-refractivity contribution in [2.75, 3.05) is 20.1 Å². The molecule has 0 spiro atoms. The largest absolute Gasteiger partial charge is 0.303 e. The number of fused-ring (bicyclic) bond motifs is 2. The van der Waals surface area contributed by atoms with Gasteiger partial charge in [0.25, 0.3) is 5.91 Å². The zero-order valence-corrected chi connectivity index (χ0v) is 14.9. The van der Waals surface area contributed by atoms with Gasteiger partial charge in [-0.15, -0.1) is 0 Å². The number of amides is 1. The third-order valence-corrected chi connectivity index (χ3v) is 6.54. The minimum atomic E-state index is -0.663. The SMILES string of the molecule is CCC1Cc2c(F)cc(C(=O)NO)cc2CN1CC12CC(C1)N(C)C2. The Bertz CT molecular complexity index is 702. The minimum Gasteiger partial charge on any atom is -0.303 e. The van der Waals surface area contributed by atoms with Crippen LogP contribution in [0.5, 0.6) is 0 Å². The zero-order valence-electron chi connectivity index (χ0n) is 14.9. The van der Waals surface area contributed by atoms with E-state index in [-0.39, 0.29) is 11.4 Å². The zero-order chi connectivity index (χ0) is 17.8. The Kier molecular flexibility index (Phi) is 4.09. The number of halogens is 1. The van der Waals surface area contributed by atoms with Crippen LogP contribution in [0.25, 0.3) is 0 Å². The van der Waals surface area contributed by atoms with E-state index in [0.717, 1.165) is 36.7 Å². The summed E-state index contributed by atoms with van der Waals surface area (Å²) in [4.78, 5) is 16.6. The number of nitrogens with one attached hydrogen (secondary N) is 1. The lowest BCUT2D eigenvalue weighted by Gasteiger charge is -2.45. The van der Waals surface area contributed by atoms with Crippen LogP contribution >= 0.6 is 0 Å². The molecule has 1 saturated carbocycles. The number of benzene rings is 1. The smallest absolute Gasteiger partial charge is 0.274 e. The van der Waals surface area contributed by atoms with Crippen molar-refractivity contribution in [3.05, 3.63) is 34.6 Å². The van der Waals surface area contributed by atoms with E-state index in [0.29, 0.717) is 24.4 Å². The van der Waals surface area contributed by atoms with Crippen LogP contribution in [0.1, 0.15) is 47.7 Å². The van der Waals surface area contributed by atoms with Crippen LogP contribution in [0.15, 0.2) is 12.1 Å². The molecule has 1 amide bonds. The van der Waals surface area contributed by atoms with Crippen molar-refractivity contribution >= 4 is 5.91 Å². The summed E-state index contributed by atoms with van der Waals surface area (Å²) in [7, 11) is 2.21. The van der Waals surface area contributed by atoms with Gasteiger partial charge in [0.1, 0.15) is 5.82 Å². The fraction of sp³-hybridized carbons (Fsp3) is 0.632. The fourth-order valence-corrected chi connectivity index (χ4v) is 5.21. The standard InChI is InChI=1S/C19H26FN3O2/c1-3-14-6-16-13(4-12(5-17(16)20)18(24)21-25)9-23(14)11-19-7-15(8-19)22(2)10-19/h4-5,14-15,25H,3,6-11H2,1-2H3,(H,21,24). The Morgan fingerprint density at radius 2 is 2.20 bits per heavy atom. The lowest BCUT2D eigenvalue weighted by Crippen LogP contribution is -2.49. The predicted molar refractivity (Wildman–Crippen MR) is 91.9 cm³/mol. The summed E-state index contributed by atoms with van der Waals surface area (Å²) in [6, 6.07) is 4.05. The monoisotopic (exact) mass is 347 g/mol. The average Bonchev–Trinajstić information content (AvgIpc) is 3.04. The summed E-state index contributed by atoms with van der Waals surface area (Å²) in [6.07, 6.45) is 4.22. The van der Waals surface area contributed by atoms with Gasteiger partial charge in [-0.2, -0.15) is 0 Å². The quantitative estimate of drug-likeness (QED) is 0.647. The van der Waals surface area contributed by atoms with Crippen molar-refractivity contribution in [3.8, 4) is 0 Å². The fourth-order valence-electron chi connectivity index (χ4n) is 5.21. The summed E-state index contributed by atoms with van der Waals surface area (Å²) in [6.45, 7) is 5.03. The Morgan fingerprint density at radius 3 is 2.80 bits per heavy atom. The summed E-state index contributed by atoms with van der Waals surface area (Å²) in [5, 5.41) is 8.83. The molecule has 2 bridgehead atoms. The molecule has 2 N–H and O–H groups in total. The lowest BCUT2D eigenvalue weighted by atomic mass is 9.69. The molecule has 1 aromatic carbocycles. The number of carbonyl (C=O) groups is 1. The first-order chi connectivity index (χ1) is 11.9. The maximum Gasteiger partial charge on any atom is 0.274 e. The first-order valence-corrected chi connectivity index (χ1v) is 9.15. The molecule has 3 aliphatic heterocycles. The van der Waals surface area contributed by atoms with E-state index < -0.39 is 5.91 Å². The highest BCUT2D eigenvalue weighted by Crippen LogP contribution is 2.52. The first-order valence-electron chi connectivity index (χ1n) is 9.15. The summed E-state index contributed by atoms with van der Waals surface area (Å²) in [5.74, 6) is -1.000. The second-order valence-electron chi connectivity index (χ2n) is 8.19. The van der Waals surface area contributed by atoms with Crippen molar-refractivity contribution in [3.63, 3.8) is 0 Å². The van der Waals surface area contributed by atoms with Crippen LogP contribution in [-0.4, -0.2) is 53.1 Å². The molecule has 1 unspecified atom stereocenters. The number of rotatable bonds is 4. The first kappa shape index (κ1) is 16.9. The number of hydrogen-bond donors (Lipinski definition) is 2. The highest BCUT2D eigenvalue weighted by molar-refractivity contribution is 5.93. The van der Waals surface area contributed by atoms with Crippen LogP contribution in [0.3, 0.4) is 0 Å². The highest BCUT2D eigenvalue weighted by atomic mass is 19.1. The lowest BCUT2D eigenvalue weighted by molar-refractivity contribution is 0.0620. The molecule has 1 aromatic rings. The average molecular weight is 347 g/mol. The number of carbonyl (C=O) groups excluding carboxylic acids is 1. The van der Waals surface area contributed by atoms with Gasteiger partial charge < -0.3 is 4.90 Å². The van der Waals surface area contributed by atoms with Gasteiger partial charge >= 0.3 is 0 Å². The van der Waals surface area contributed by atoms with Gasteiger partial charge in [0, 0.05) is 37.3 Å². The van der Waals surface area contributed by atoms with Gasteiger partial charge in [0.15, 0.2) is 0 Å². The predicted octanol–water partition coefficient (Wildman–Crippen LogP) is 2.18. The molecule has 0 radical (unpaired) electrons. The highest BCUT2D eigenvalue weighted by Gasteiger charge is 2.54. The third-order valence-electron chi connectivity index (χ3n) is 6.54. The molecular formula is C19H26FN3O2. The Balaban J connectivity index is 1.59. The van der Waals surface area contributed by atoms with Crippen LogP contribution < -0.4 is 5.48 Å². The molecular weight excluding hydrogens is 321 g/mol. The maximum absolute atomic E-state index is 14.5. The third kappa shape index (κ3) is 2.76. The van der Waals surface area contributed by atoms with E-state index >= 15 is 0 Å². The van der Waals surface area contributed by atoms with Crippen molar-refractivity contribution in [2.45, 2.75) is 51.2 Å². The van der Waals surface area contributed by atoms with Gasteiger partial charge in [-0.05, 0) is 61.4 Å². The van der Waals surface area contributed by atoms with E-state index in [1.807, 2.05) is 0 Å². The summed E-state index contributed by atoms with van der Waals surface area (Å²) >= 11 is 0. The molecule has 136 valence electrons. The van der Waals surface area contributed by atoms with Crippen molar-refractivity contribution in [1.29, 1.82) is 0 Å². The van der Waals surface area contributed by atoms with Gasteiger partial charge in [-0.1, -0.05) is 6.92 Å². The second-order valence-corrected chi connectivity index (χ2v) is 8.19. The maximum atomic E-state index is 14.5. The van der Waals surface area contributed by atoms with E-state index in [9.17, 15) is 9.18 Å². The van der Waals surface area contributed by atoms with Crippen LogP contribution in [-0.2, 0) is 13.0 Å². The van der Waals surface area contributed by atoms with E-state index in [4.69, 9.17) is 5.21 Å². The minimum absolute atomic E-state index is 0.177. The molecule has 5 nitrogen and oxygen atoms in total. The van der Waals surface area contributed by atoms with Crippen LogP contribution in [0.4, 0.5) is 4.39 Å². The number of hydroxylamine groups is 1. The van der Waals surface area contributed by atoms with Crippen LogP contribution in [0, 0.1) is 11.2 Å². The summed E-state index contributed by atoms with van der Waals surface area (Å²) < 4.78 is 14.5. The van der Waals surface area contributed by atoms with Crippen molar-refractivity contribution in [1.82, 2.24) is 15.3 Å². The van der Waals surface area contributed by atoms with E-state index in [1.54, 1.807) is 11.5 Å². The Hall–Kier alpha value is -1.50. The molecule has 3 heterocycles. The number of hydrogen-bond acceptors (Lipinski definition) is 4.